The normalized spacial score (nSPS) is 20.9. The zero-order valence-corrected chi connectivity index (χ0v) is 23.2. The van der Waals surface area contributed by atoms with Gasteiger partial charge in [-0.2, -0.15) is 8.42 Å². The van der Waals surface area contributed by atoms with E-state index in [0.29, 0.717) is 23.2 Å². The van der Waals surface area contributed by atoms with Gasteiger partial charge in [0, 0.05) is 31.6 Å². The minimum atomic E-state index is -4.11. The fourth-order valence-electron chi connectivity index (χ4n) is 5.27. The summed E-state index contributed by atoms with van der Waals surface area (Å²) in [6.07, 6.45) is 4.22. The maximum absolute atomic E-state index is 13.4. The lowest BCUT2D eigenvalue weighted by Crippen LogP contribution is -2.63. The number of carbonyl (C=O) groups is 2. The summed E-state index contributed by atoms with van der Waals surface area (Å²) in [6.45, 7) is 5.35. The summed E-state index contributed by atoms with van der Waals surface area (Å²) in [7, 11) is -2.16. The lowest BCUT2D eigenvalue weighted by atomic mass is 9.82. The van der Waals surface area contributed by atoms with Crippen LogP contribution < -0.4 is 16.8 Å². The quantitative estimate of drug-likeness (QED) is 0.162. The molecule has 0 amide bonds. The average Bonchev–Trinajstić information content (AvgIpc) is 2.89. The molecule has 0 radical (unpaired) electrons. The minimum absolute atomic E-state index is 0.00395. The number of hydrogen-bond donors (Lipinski definition) is 4. The van der Waals surface area contributed by atoms with Crippen molar-refractivity contribution in [1.29, 1.82) is 0 Å². The van der Waals surface area contributed by atoms with Crippen LogP contribution in [0, 0.1) is 13.8 Å². The van der Waals surface area contributed by atoms with E-state index in [2.05, 4.69) is 14.6 Å². The molecular formula is C28H35N5O5S. The van der Waals surface area contributed by atoms with Crippen molar-refractivity contribution in [2.24, 2.45) is 15.9 Å². The molecule has 2 aromatic rings. The zero-order chi connectivity index (χ0) is 28.5. The molecule has 208 valence electrons. The topological polar surface area (TPSA) is 168 Å². The number of Topliss-reactive ketones (excluding diaryl/α,β-unsaturated/α-hetero) is 1. The highest BCUT2D eigenvalue weighted by molar-refractivity contribution is 7.90. The average molecular weight is 554 g/mol. The van der Waals surface area contributed by atoms with Gasteiger partial charge in [0.05, 0.1) is 10.9 Å². The second-order valence-corrected chi connectivity index (χ2v) is 11.9. The number of likely N-dealkylation sites (N-methyl/N-ethyl adjacent to an activating group) is 1. The Hall–Kier alpha value is -3.38. The number of carboxylic acid groups (broad SMARTS) is 1. The van der Waals surface area contributed by atoms with Gasteiger partial charge in [-0.1, -0.05) is 30.4 Å². The van der Waals surface area contributed by atoms with E-state index in [9.17, 15) is 23.1 Å². The standard InChI is InChI=1S/C28H35N5O5S/c1-17-7-9-24(22-16-33(3)13-10-20(17)22)39(37,38)32-26(30)21-14-19(8-6-18(21)2)15-23(29)25(34)28(27(35)36)11-4-5-12-31-28/h4-9,14,23,31H,10-13,15-16,29H2,1-3H3,(H2,30,32)(H,35,36)/t23?,28-/m1/s1. The van der Waals surface area contributed by atoms with E-state index in [1.165, 1.54) is 0 Å². The Bertz CT molecular complexity index is 1480. The number of ketones is 1. The second kappa shape index (κ2) is 11.0. The van der Waals surface area contributed by atoms with Crippen molar-refractivity contribution in [2.45, 2.75) is 56.1 Å². The Labute approximate surface area is 228 Å². The van der Waals surface area contributed by atoms with Gasteiger partial charge in [0.15, 0.2) is 11.3 Å². The molecule has 0 bridgehead atoms. The molecule has 0 aromatic heterocycles. The van der Waals surface area contributed by atoms with Gasteiger partial charge < -0.3 is 21.5 Å². The summed E-state index contributed by atoms with van der Waals surface area (Å²) in [5, 5.41) is 12.6. The third-order valence-electron chi connectivity index (χ3n) is 7.56. The number of aliphatic carboxylic acids is 1. The molecule has 6 N–H and O–H groups in total. The minimum Gasteiger partial charge on any atom is -0.480 e. The SMILES string of the molecule is Cc1ccc(CC(N)C(=O)[C@@]2(C(=O)O)CC=CCN2)cc1C(N)=NS(=O)(=O)c1ccc(C)c2c1CN(C)CC2. The smallest absolute Gasteiger partial charge is 0.332 e. The number of amidine groups is 1. The number of nitrogens with zero attached hydrogens (tertiary/aromatic N) is 2. The van der Waals surface area contributed by atoms with E-state index in [0.717, 1.165) is 29.7 Å². The predicted molar refractivity (Wildman–Crippen MR) is 149 cm³/mol. The first-order valence-electron chi connectivity index (χ1n) is 12.8. The highest BCUT2D eigenvalue weighted by atomic mass is 32.2. The second-order valence-electron chi connectivity index (χ2n) is 10.4. The van der Waals surface area contributed by atoms with Crippen molar-refractivity contribution >= 4 is 27.6 Å². The van der Waals surface area contributed by atoms with Crippen LogP contribution in [-0.4, -0.2) is 67.7 Å². The van der Waals surface area contributed by atoms with Crippen LogP contribution in [0.25, 0.3) is 0 Å². The third kappa shape index (κ3) is 5.67. The van der Waals surface area contributed by atoms with Crippen molar-refractivity contribution < 1.29 is 23.1 Å². The monoisotopic (exact) mass is 553 g/mol. The van der Waals surface area contributed by atoms with Crippen molar-refractivity contribution in [3.63, 3.8) is 0 Å². The predicted octanol–water partition coefficient (Wildman–Crippen LogP) is 1.20. The van der Waals surface area contributed by atoms with Gasteiger partial charge in [0.2, 0.25) is 0 Å². The van der Waals surface area contributed by atoms with E-state index in [1.807, 2.05) is 14.0 Å². The highest BCUT2D eigenvalue weighted by Gasteiger charge is 2.47. The molecule has 4 rings (SSSR count). The molecule has 2 aliphatic rings. The lowest BCUT2D eigenvalue weighted by molar-refractivity contribution is -0.150. The summed E-state index contributed by atoms with van der Waals surface area (Å²) in [5.74, 6) is -2.07. The van der Waals surface area contributed by atoms with E-state index in [-0.39, 0.29) is 30.1 Å². The molecular weight excluding hydrogens is 518 g/mol. The summed E-state index contributed by atoms with van der Waals surface area (Å²) >= 11 is 0. The van der Waals surface area contributed by atoms with Crippen molar-refractivity contribution in [2.75, 3.05) is 20.1 Å². The molecule has 2 heterocycles. The van der Waals surface area contributed by atoms with Crippen molar-refractivity contribution in [1.82, 2.24) is 10.2 Å². The van der Waals surface area contributed by atoms with Gasteiger partial charge in [-0.3, -0.25) is 10.1 Å². The lowest BCUT2D eigenvalue weighted by Gasteiger charge is -2.32. The Morgan fingerprint density at radius 1 is 1.15 bits per heavy atom. The van der Waals surface area contributed by atoms with Crippen molar-refractivity contribution in [3.8, 4) is 0 Å². The van der Waals surface area contributed by atoms with Crippen LogP contribution in [0.15, 0.2) is 51.8 Å². The molecule has 0 saturated carbocycles. The first-order valence-corrected chi connectivity index (χ1v) is 14.2. The van der Waals surface area contributed by atoms with Crippen molar-refractivity contribution in [3.05, 3.63) is 75.9 Å². The van der Waals surface area contributed by atoms with Gasteiger partial charge in [0.1, 0.15) is 5.84 Å². The van der Waals surface area contributed by atoms with E-state index in [4.69, 9.17) is 11.5 Å². The third-order valence-corrected chi connectivity index (χ3v) is 8.93. The number of carboxylic acids is 1. The van der Waals surface area contributed by atoms with Gasteiger partial charge in [-0.05, 0) is 73.7 Å². The summed E-state index contributed by atoms with van der Waals surface area (Å²) < 4.78 is 30.8. The zero-order valence-electron chi connectivity index (χ0n) is 22.4. The molecule has 0 spiro atoms. The Morgan fingerprint density at radius 3 is 2.54 bits per heavy atom. The number of rotatable bonds is 8. The van der Waals surface area contributed by atoms with E-state index in [1.54, 1.807) is 49.4 Å². The molecule has 0 fully saturated rings. The van der Waals surface area contributed by atoms with Crippen LogP contribution in [0.5, 0.6) is 0 Å². The number of carbonyl (C=O) groups excluding carboxylic acids is 1. The van der Waals surface area contributed by atoms with Crippen LogP contribution in [0.3, 0.4) is 0 Å². The molecule has 2 aromatic carbocycles. The van der Waals surface area contributed by atoms with Gasteiger partial charge in [0.25, 0.3) is 10.0 Å². The van der Waals surface area contributed by atoms with Crippen LogP contribution in [0.1, 0.15) is 39.8 Å². The molecule has 11 heteroatoms. The largest absolute Gasteiger partial charge is 0.480 e. The fraction of sp³-hybridized carbons (Fsp3) is 0.393. The number of aryl methyl sites for hydroxylation is 2. The Kier molecular flexibility index (Phi) is 8.08. The first kappa shape index (κ1) is 28.6. The number of hydrogen-bond acceptors (Lipinski definition) is 7. The van der Waals surface area contributed by atoms with Gasteiger partial charge in [-0.15, -0.1) is 4.40 Å². The van der Waals surface area contributed by atoms with Crippen LogP contribution >= 0.6 is 0 Å². The maximum atomic E-state index is 13.4. The maximum Gasteiger partial charge on any atom is 0.332 e. The number of sulfonamides is 1. The summed E-state index contributed by atoms with van der Waals surface area (Å²) in [4.78, 5) is 27.3. The Balaban J connectivity index is 1.62. The molecule has 0 aliphatic carbocycles. The molecule has 2 atom stereocenters. The summed E-state index contributed by atoms with van der Waals surface area (Å²) in [6, 6.07) is 7.43. The van der Waals surface area contributed by atoms with Crippen LogP contribution in [0.4, 0.5) is 0 Å². The first-order chi connectivity index (χ1) is 18.4. The van der Waals surface area contributed by atoms with Crippen LogP contribution in [0.2, 0.25) is 0 Å². The number of benzene rings is 2. The molecule has 1 unspecified atom stereocenters. The van der Waals surface area contributed by atoms with E-state index >= 15 is 0 Å². The Morgan fingerprint density at radius 2 is 1.87 bits per heavy atom. The van der Waals surface area contributed by atoms with Gasteiger partial charge in [-0.25, -0.2) is 4.79 Å². The fourth-order valence-corrected chi connectivity index (χ4v) is 6.47. The number of fused-ring (bicyclic) bond motifs is 1. The molecule has 0 saturated heterocycles. The summed E-state index contributed by atoms with van der Waals surface area (Å²) in [5.41, 5.74) is 15.2. The molecule has 39 heavy (non-hydrogen) atoms. The highest BCUT2D eigenvalue weighted by Crippen LogP contribution is 2.29. The van der Waals surface area contributed by atoms with E-state index < -0.39 is 33.4 Å². The number of nitrogens with one attached hydrogen (secondary N) is 1. The van der Waals surface area contributed by atoms with Gasteiger partial charge >= 0.3 is 5.97 Å². The number of nitrogens with two attached hydrogens (primary N) is 2. The molecule has 2 aliphatic heterocycles. The molecule has 10 nitrogen and oxygen atoms in total. The van der Waals surface area contributed by atoms with Crippen LogP contribution in [-0.2, 0) is 39.0 Å².